The van der Waals surface area contributed by atoms with E-state index in [0.29, 0.717) is 28.0 Å². The topological polar surface area (TPSA) is 57.1 Å². The first kappa shape index (κ1) is 20.4. The summed E-state index contributed by atoms with van der Waals surface area (Å²) < 4.78 is 11.3. The summed E-state index contributed by atoms with van der Waals surface area (Å²) in [5, 5.41) is 4.53. The number of rotatable bonds is 7. The van der Waals surface area contributed by atoms with Gasteiger partial charge in [0, 0.05) is 5.02 Å². The van der Waals surface area contributed by atoms with Crippen LogP contribution in [0.15, 0.2) is 84.0 Å². The molecule has 1 unspecified atom stereocenters. The molecule has 0 aliphatic heterocycles. The van der Waals surface area contributed by atoms with Crippen molar-refractivity contribution in [2.24, 2.45) is 5.16 Å². The Morgan fingerprint density at radius 3 is 2.03 bits per heavy atom. The number of ether oxygens (including phenoxy) is 2. The van der Waals surface area contributed by atoms with E-state index < -0.39 is 12.1 Å². The van der Waals surface area contributed by atoms with Gasteiger partial charge >= 0.3 is 5.97 Å². The van der Waals surface area contributed by atoms with Crippen LogP contribution in [0.5, 0.6) is 17.2 Å². The molecule has 3 aromatic carbocycles. The van der Waals surface area contributed by atoms with E-state index in [1.54, 1.807) is 62.4 Å². The SMILES string of the molecule is CC(=NOC(=O)C(C)Oc1ccc(Oc2ccc(Cl)cc2)cc1)c1ccccc1. The van der Waals surface area contributed by atoms with Gasteiger partial charge in [0.2, 0.25) is 0 Å². The van der Waals surface area contributed by atoms with Crippen LogP contribution in [0.25, 0.3) is 0 Å². The highest BCUT2D eigenvalue weighted by molar-refractivity contribution is 6.30. The lowest BCUT2D eigenvalue weighted by Crippen LogP contribution is -2.25. The van der Waals surface area contributed by atoms with Crippen molar-refractivity contribution in [2.45, 2.75) is 20.0 Å². The number of carbonyl (C=O) groups is 1. The van der Waals surface area contributed by atoms with Crippen molar-refractivity contribution in [1.82, 2.24) is 0 Å². The van der Waals surface area contributed by atoms with Gasteiger partial charge in [-0.05, 0) is 67.9 Å². The summed E-state index contributed by atoms with van der Waals surface area (Å²) in [6, 6.07) is 23.5. The lowest BCUT2D eigenvalue weighted by molar-refractivity contribution is -0.151. The molecule has 3 aromatic rings. The fraction of sp³-hybridized carbons (Fsp3) is 0.130. The van der Waals surface area contributed by atoms with Crippen LogP contribution in [-0.4, -0.2) is 17.8 Å². The van der Waals surface area contributed by atoms with Gasteiger partial charge in [-0.25, -0.2) is 4.79 Å². The van der Waals surface area contributed by atoms with Gasteiger partial charge in [0.1, 0.15) is 17.2 Å². The highest BCUT2D eigenvalue weighted by atomic mass is 35.5. The molecule has 6 heteroatoms. The van der Waals surface area contributed by atoms with Gasteiger partial charge in [0.05, 0.1) is 5.71 Å². The van der Waals surface area contributed by atoms with E-state index in [9.17, 15) is 4.79 Å². The molecule has 0 aromatic heterocycles. The van der Waals surface area contributed by atoms with Gasteiger partial charge in [0.15, 0.2) is 6.10 Å². The molecule has 3 rings (SSSR count). The first-order chi connectivity index (χ1) is 14.0. The molecule has 0 aliphatic carbocycles. The van der Waals surface area contributed by atoms with Crippen LogP contribution in [0.3, 0.4) is 0 Å². The van der Waals surface area contributed by atoms with Gasteiger partial charge in [-0.2, -0.15) is 0 Å². The molecule has 0 heterocycles. The maximum atomic E-state index is 12.1. The van der Waals surface area contributed by atoms with Crippen LogP contribution in [-0.2, 0) is 9.63 Å². The zero-order chi connectivity index (χ0) is 20.6. The molecule has 0 bridgehead atoms. The van der Waals surface area contributed by atoms with Crippen LogP contribution >= 0.6 is 11.6 Å². The monoisotopic (exact) mass is 409 g/mol. The summed E-state index contributed by atoms with van der Waals surface area (Å²) in [4.78, 5) is 17.1. The van der Waals surface area contributed by atoms with E-state index in [2.05, 4.69) is 5.16 Å². The third-order valence-corrected chi connectivity index (χ3v) is 4.23. The van der Waals surface area contributed by atoms with Crippen molar-refractivity contribution in [3.05, 3.63) is 89.4 Å². The number of hydrogen-bond acceptors (Lipinski definition) is 5. The van der Waals surface area contributed by atoms with Crippen molar-refractivity contribution < 1.29 is 19.1 Å². The molecular weight excluding hydrogens is 390 g/mol. The molecule has 0 N–H and O–H groups in total. The quantitative estimate of drug-likeness (QED) is 0.278. The molecule has 0 spiro atoms. The average molecular weight is 410 g/mol. The molecular formula is C23H20ClNO4. The summed E-state index contributed by atoms with van der Waals surface area (Å²) in [6.07, 6.45) is -0.814. The second kappa shape index (κ2) is 9.75. The van der Waals surface area contributed by atoms with Crippen LogP contribution in [0.2, 0.25) is 5.02 Å². The second-order valence-corrected chi connectivity index (χ2v) is 6.68. The maximum absolute atomic E-state index is 12.1. The van der Waals surface area contributed by atoms with E-state index in [4.69, 9.17) is 25.9 Å². The molecule has 29 heavy (non-hydrogen) atoms. The predicted molar refractivity (Wildman–Crippen MR) is 113 cm³/mol. The van der Waals surface area contributed by atoms with E-state index in [1.165, 1.54) is 0 Å². The largest absolute Gasteiger partial charge is 0.479 e. The minimum atomic E-state index is -0.814. The molecule has 0 aliphatic rings. The molecule has 0 radical (unpaired) electrons. The zero-order valence-corrected chi connectivity index (χ0v) is 16.8. The Bertz CT molecular complexity index is 970. The Balaban J connectivity index is 1.53. The average Bonchev–Trinajstić information content (AvgIpc) is 2.75. The summed E-state index contributed by atoms with van der Waals surface area (Å²) in [5.41, 5.74) is 1.49. The lowest BCUT2D eigenvalue weighted by atomic mass is 10.1. The van der Waals surface area contributed by atoms with Gasteiger partial charge in [-0.15, -0.1) is 0 Å². The molecule has 0 saturated heterocycles. The van der Waals surface area contributed by atoms with Gasteiger partial charge in [-0.1, -0.05) is 47.1 Å². The summed E-state index contributed by atoms with van der Waals surface area (Å²) in [6.45, 7) is 3.38. The Morgan fingerprint density at radius 2 is 1.41 bits per heavy atom. The fourth-order valence-electron chi connectivity index (χ4n) is 2.40. The molecule has 148 valence electrons. The standard InChI is InChI=1S/C23H20ClNO4/c1-16(18-6-4-3-5-7-18)25-29-23(26)17(2)27-20-12-14-22(15-13-20)28-21-10-8-19(24)9-11-21/h3-15,17H,1-2H3. The normalized spacial score (nSPS) is 12.2. The van der Waals surface area contributed by atoms with E-state index in [0.717, 1.165) is 5.56 Å². The van der Waals surface area contributed by atoms with Crippen molar-refractivity contribution in [3.63, 3.8) is 0 Å². The minimum absolute atomic E-state index is 0.515. The summed E-state index contributed by atoms with van der Waals surface area (Å²) >= 11 is 5.86. The highest BCUT2D eigenvalue weighted by Gasteiger charge is 2.17. The Morgan fingerprint density at radius 1 is 0.862 bits per heavy atom. The third kappa shape index (κ3) is 6.09. The smallest absolute Gasteiger partial charge is 0.374 e. The number of hydrogen-bond donors (Lipinski definition) is 0. The minimum Gasteiger partial charge on any atom is -0.479 e. The summed E-state index contributed by atoms with van der Waals surface area (Å²) in [7, 11) is 0. The van der Waals surface area contributed by atoms with Crippen molar-refractivity contribution in [2.75, 3.05) is 0 Å². The van der Waals surface area contributed by atoms with Gasteiger partial charge < -0.3 is 14.3 Å². The highest BCUT2D eigenvalue weighted by Crippen LogP contribution is 2.25. The van der Waals surface area contributed by atoms with Crippen LogP contribution in [0.4, 0.5) is 0 Å². The summed E-state index contributed by atoms with van der Waals surface area (Å²) in [5.74, 6) is 1.24. The zero-order valence-electron chi connectivity index (χ0n) is 16.0. The predicted octanol–water partition coefficient (Wildman–Crippen LogP) is 5.87. The van der Waals surface area contributed by atoms with Crippen molar-refractivity contribution >= 4 is 23.3 Å². The number of oxime groups is 1. The van der Waals surface area contributed by atoms with Crippen molar-refractivity contribution in [1.29, 1.82) is 0 Å². The van der Waals surface area contributed by atoms with E-state index in [-0.39, 0.29) is 0 Å². The van der Waals surface area contributed by atoms with Gasteiger partial charge in [0.25, 0.3) is 0 Å². The fourth-order valence-corrected chi connectivity index (χ4v) is 2.52. The number of benzene rings is 3. The molecule has 0 fully saturated rings. The second-order valence-electron chi connectivity index (χ2n) is 6.24. The number of carbonyl (C=O) groups excluding carboxylic acids is 1. The molecule has 0 amide bonds. The van der Waals surface area contributed by atoms with Crippen LogP contribution in [0, 0.1) is 0 Å². The maximum Gasteiger partial charge on any atom is 0.374 e. The third-order valence-electron chi connectivity index (χ3n) is 3.98. The molecule has 5 nitrogen and oxygen atoms in total. The van der Waals surface area contributed by atoms with Crippen molar-refractivity contribution in [3.8, 4) is 17.2 Å². The van der Waals surface area contributed by atoms with E-state index >= 15 is 0 Å². The molecule has 0 saturated carbocycles. The van der Waals surface area contributed by atoms with E-state index in [1.807, 2.05) is 30.3 Å². The first-order valence-electron chi connectivity index (χ1n) is 9.02. The Hall–Kier alpha value is -3.31. The first-order valence-corrected chi connectivity index (χ1v) is 9.40. The number of halogens is 1. The van der Waals surface area contributed by atoms with Crippen LogP contribution < -0.4 is 9.47 Å². The lowest BCUT2D eigenvalue weighted by Gasteiger charge is -2.13. The molecule has 1 atom stereocenters. The number of nitrogens with zero attached hydrogens (tertiary/aromatic N) is 1. The Labute approximate surface area is 174 Å². The van der Waals surface area contributed by atoms with Gasteiger partial charge in [-0.3, -0.25) is 0 Å². The van der Waals surface area contributed by atoms with Crippen LogP contribution in [0.1, 0.15) is 19.4 Å². The Kier molecular flexibility index (Phi) is 6.87.